The lowest BCUT2D eigenvalue weighted by Crippen LogP contribution is -2.49. The molecule has 256 valence electrons. The summed E-state index contributed by atoms with van der Waals surface area (Å²) in [6.45, 7) is 8.75. The van der Waals surface area contributed by atoms with Crippen LogP contribution in [-0.4, -0.2) is 65.7 Å². The first-order valence-electron chi connectivity index (χ1n) is 17.2. The monoisotopic (exact) mass is 684 g/mol. The molecule has 1 saturated carbocycles. The molecule has 0 saturated heterocycles. The van der Waals surface area contributed by atoms with Crippen LogP contribution in [0.5, 0.6) is 5.75 Å². The normalized spacial score (nSPS) is 31.1. The Balaban J connectivity index is 1.42. The molecule has 6 rings (SSSR count). The third-order valence-corrected chi connectivity index (χ3v) is 13.3. The Kier molecular flexibility index (Phi) is 10.3. The van der Waals surface area contributed by atoms with Crippen LogP contribution in [0.3, 0.4) is 0 Å². The first kappa shape index (κ1) is 34.3. The van der Waals surface area contributed by atoms with Crippen LogP contribution in [0.1, 0.15) is 74.4 Å². The molecule has 6 atom stereocenters. The fraction of sp³-hybridized carbons (Fsp3) is 0.595. The molecule has 47 heavy (non-hydrogen) atoms. The van der Waals surface area contributed by atoms with Gasteiger partial charge in [0.05, 0.1) is 36.9 Å². The van der Waals surface area contributed by atoms with E-state index in [1.165, 1.54) is 11.1 Å². The summed E-state index contributed by atoms with van der Waals surface area (Å²) in [5.74, 6) is 0.381. The van der Waals surface area contributed by atoms with E-state index < -0.39 is 21.2 Å². The zero-order valence-electron chi connectivity index (χ0n) is 28.0. The number of nitrogens with zero attached hydrogens (tertiary/aromatic N) is 1. The zero-order valence-corrected chi connectivity index (χ0v) is 29.6. The predicted octanol–water partition coefficient (Wildman–Crippen LogP) is 6.55. The van der Waals surface area contributed by atoms with E-state index in [4.69, 9.17) is 25.8 Å². The van der Waals surface area contributed by atoms with Gasteiger partial charge < -0.3 is 19.1 Å². The highest BCUT2D eigenvalue weighted by Crippen LogP contribution is 2.47. The van der Waals surface area contributed by atoms with E-state index in [2.05, 4.69) is 33.9 Å². The number of hydrogen-bond donors (Lipinski definition) is 1. The maximum absolute atomic E-state index is 13.8. The molecule has 1 N–H and O–H groups in total. The van der Waals surface area contributed by atoms with Gasteiger partial charge in [0.2, 0.25) is 10.0 Å². The average Bonchev–Trinajstić information content (AvgIpc) is 3.15. The number of fused-ring (bicyclic) bond motifs is 4. The maximum Gasteiger partial charge on any atom is 0.264 e. The number of allylic oxidation sites excluding steroid dienone is 1. The molecule has 8 nitrogen and oxygen atoms in total. The van der Waals surface area contributed by atoms with E-state index in [0.29, 0.717) is 49.4 Å². The van der Waals surface area contributed by atoms with Crippen molar-refractivity contribution in [2.45, 2.75) is 76.1 Å². The second-order valence-corrected chi connectivity index (χ2v) is 16.7. The minimum Gasteiger partial charge on any atom is -0.490 e. The van der Waals surface area contributed by atoms with Gasteiger partial charge >= 0.3 is 0 Å². The van der Waals surface area contributed by atoms with Crippen LogP contribution < -0.4 is 14.4 Å². The molecule has 0 unspecified atom stereocenters. The van der Waals surface area contributed by atoms with Crippen molar-refractivity contribution in [2.24, 2.45) is 23.7 Å². The second kappa shape index (κ2) is 14.1. The molecule has 1 fully saturated rings. The van der Waals surface area contributed by atoms with Crippen molar-refractivity contribution in [3.63, 3.8) is 0 Å². The number of aryl methyl sites for hydroxylation is 1. The predicted molar refractivity (Wildman–Crippen MR) is 186 cm³/mol. The van der Waals surface area contributed by atoms with E-state index in [9.17, 15) is 13.2 Å². The summed E-state index contributed by atoms with van der Waals surface area (Å²) >= 11 is 6.44. The number of nitrogens with one attached hydrogen (secondary N) is 1. The summed E-state index contributed by atoms with van der Waals surface area (Å²) in [4.78, 5) is 16.1. The lowest BCUT2D eigenvalue weighted by atomic mass is 9.68. The van der Waals surface area contributed by atoms with Gasteiger partial charge in [-0.3, -0.25) is 4.79 Å². The Morgan fingerprint density at radius 3 is 2.72 bits per heavy atom. The number of benzene rings is 2. The molecule has 2 aliphatic heterocycles. The van der Waals surface area contributed by atoms with E-state index in [1.807, 2.05) is 39.0 Å². The Bertz CT molecular complexity index is 1600. The lowest BCUT2D eigenvalue weighted by molar-refractivity contribution is -0.0309. The van der Waals surface area contributed by atoms with Crippen molar-refractivity contribution in [1.29, 1.82) is 0 Å². The minimum absolute atomic E-state index is 0.0987. The Labute approximate surface area is 285 Å². The average molecular weight is 685 g/mol. The summed E-state index contributed by atoms with van der Waals surface area (Å²) in [6, 6.07) is 11.6. The Morgan fingerprint density at radius 2 is 1.98 bits per heavy atom. The van der Waals surface area contributed by atoms with Crippen LogP contribution in [0.15, 0.2) is 48.6 Å². The number of halogens is 1. The van der Waals surface area contributed by atoms with Crippen LogP contribution >= 0.6 is 11.6 Å². The summed E-state index contributed by atoms with van der Waals surface area (Å²) in [5.41, 5.74) is 3.43. The largest absolute Gasteiger partial charge is 0.490 e. The number of sulfonamides is 1. The molecule has 2 aromatic rings. The van der Waals surface area contributed by atoms with Crippen LogP contribution in [0.4, 0.5) is 5.69 Å². The van der Waals surface area contributed by atoms with Crippen molar-refractivity contribution < 1.29 is 27.4 Å². The second-order valence-electron chi connectivity index (χ2n) is 14.4. The Hall–Kier alpha value is -2.59. The fourth-order valence-electron chi connectivity index (χ4n) is 8.52. The topological polar surface area (TPSA) is 94.2 Å². The molecule has 2 bridgehead atoms. The number of amides is 1. The molecule has 0 aromatic heterocycles. The van der Waals surface area contributed by atoms with Crippen molar-refractivity contribution in [3.8, 4) is 5.75 Å². The van der Waals surface area contributed by atoms with Crippen molar-refractivity contribution >= 4 is 33.2 Å². The highest BCUT2D eigenvalue weighted by Gasteiger charge is 2.45. The summed E-state index contributed by atoms with van der Waals surface area (Å²) in [7, 11) is -2.30. The van der Waals surface area contributed by atoms with E-state index in [1.54, 1.807) is 13.2 Å². The van der Waals surface area contributed by atoms with Gasteiger partial charge in [-0.1, -0.05) is 50.6 Å². The molecular weight excluding hydrogens is 636 g/mol. The Morgan fingerprint density at radius 1 is 1.15 bits per heavy atom. The van der Waals surface area contributed by atoms with Gasteiger partial charge in [0.1, 0.15) is 5.75 Å². The van der Waals surface area contributed by atoms with Gasteiger partial charge in [0, 0.05) is 36.2 Å². The van der Waals surface area contributed by atoms with E-state index in [0.717, 1.165) is 55.9 Å². The van der Waals surface area contributed by atoms with Gasteiger partial charge in [-0.25, -0.2) is 13.1 Å². The first-order chi connectivity index (χ1) is 22.5. The summed E-state index contributed by atoms with van der Waals surface area (Å²) < 4.78 is 48.3. The summed E-state index contributed by atoms with van der Waals surface area (Å²) in [6.07, 6.45) is 9.81. The van der Waals surface area contributed by atoms with E-state index >= 15 is 0 Å². The number of hydrogen-bond acceptors (Lipinski definition) is 7. The third-order valence-electron chi connectivity index (χ3n) is 10.9. The minimum atomic E-state index is -3.97. The number of anilines is 1. The number of ether oxygens (including phenoxy) is 3. The lowest BCUT2D eigenvalue weighted by Gasteiger charge is -2.46. The standard InChI is InChI=1S/C37H49ClN2O6S/c1-24(2)35-25(3)7-5-9-33(45-18-17-44-4)30-13-10-28(30)21-40-22-37(16-6-8-26-19-29(38)12-14-31(26)37)23-46-34-15-11-27(20-32(34)40)36(41)39-47(35,42)43/h5,9,11-12,14-15,19-20,24-25,28,30,33,35H,6-8,10,13,16-18,21-23H2,1-4H3,(H,39,41)/b9-5-/t25-,28+,30-,33+,35+,37+/m1/s1. The van der Waals surface area contributed by atoms with Crippen molar-refractivity contribution in [1.82, 2.24) is 4.72 Å². The smallest absolute Gasteiger partial charge is 0.264 e. The van der Waals surface area contributed by atoms with Gasteiger partial charge in [-0.2, -0.15) is 0 Å². The molecule has 1 spiro atoms. The molecule has 2 heterocycles. The molecule has 10 heteroatoms. The number of rotatable bonds is 5. The van der Waals surface area contributed by atoms with Crippen LogP contribution in [0, 0.1) is 23.7 Å². The molecule has 4 aliphatic rings. The maximum atomic E-state index is 13.8. The SMILES string of the molecule is COCCO[C@H]1/C=C\C[C@@H](C)[C@H](C(C)C)S(=O)(=O)NC(=O)c2ccc3c(c2)N(C[C@@H]2CC[C@H]21)C[C@@]1(CCCc2cc(Cl)ccc21)CO3. The van der Waals surface area contributed by atoms with Crippen LogP contribution in [-0.2, 0) is 31.3 Å². The van der Waals surface area contributed by atoms with Gasteiger partial charge in [-0.15, -0.1) is 0 Å². The van der Waals surface area contributed by atoms with Gasteiger partial charge in [0.15, 0.2) is 0 Å². The van der Waals surface area contributed by atoms with Crippen LogP contribution in [0.25, 0.3) is 0 Å². The van der Waals surface area contributed by atoms with Crippen molar-refractivity contribution in [3.05, 3.63) is 70.3 Å². The van der Waals surface area contributed by atoms with Crippen molar-refractivity contribution in [2.75, 3.05) is 44.9 Å². The fourth-order valence-corrected chi connectivity index (χ4v) is 10.7. The number of carbonyl (C=O) groups excluding carboxylic acids is 1. The van der Waals surface area contributed by atoms with Gasteiger partial charge in [-0.05, 0) is 104 Å². The molecule has 2 aromatic carbocycles. The third kappa shape index (κ3) is 7.10. The molecule has 2 aliphatic carbocycles. The summed E-state index contributed by atoms with van der Waals surface area (Å²) in [5, 5.41) is 0.00179. The highest BCUT2D eigenvalue weighted by atomic mass is 35.5. The highest BCUT2D eigenvalue weighted by molar-refractivity contribution is 7.90. The molecule has 1 amide bonds. The van der Waals surface area contributed by atoms with Crippen LogP contribution in [0.2, 0.25) is 5.02 Å². The zero-order chi connectivity index (χ0) is 33.3. The number of methoxy groups -OCH3 is 1. The quantitative estimate of drug-likeness (QED) is 0.282. The molecule has 0 radical (unpaired) electrons. The first-order valence-corrected chi connectivity index (χ1v) is 19.1. The molecular formula is C37H49ClN2O6S. The number of carbonyl (C=O) groups is 1. The van der Waals surface area contributed by atoms with E-state index in [-0.39, 0.29) is 23.4 Å². The van der Waals surface area contributed by atoms with Gasteiger partial charge in [0.25, 0.3) is 5.91 Å².